The fourth-order valence-electron chi connectivity index (χ4n) is 9.17. The molecule has 11 aromatic rings. The zero-order chi connectivity index (χ0) is 42.1. The third kappa shape index (κ3) is 6.75. The van der Waals surface area contributed by atoms with Crippen molar-refractivity contribution in [1.82, 2.24) is 4.57 Å². The van der Waals surface area contributed by atoms with Gasteiger partial charge in [0.05, 0.1) is 28.4 Å². The molecule has 0 fully saturated rings. The molecule has 11 rings (SSSR count). The van der Waals surface area contributed by atoms with Gasteiger partial charge in [-0.2, -0.15) is 5.26 Å². The third-order valence-electron chi connectivity index (χ3n) is 12.0. The van der Waals surface area contributed by atoms with Crippen LogP contribution in [0.25, 0.3) is 60.5 Å². The first-order valence-electron chi connectivity index (χ1n) is 21.2. The summed E-state index contributed by atoms with van der Waals surface area (Å²) < 4.78 is 2.42. The average Bonchev–Trinajstić information content (AvgIpc) is 3.68. The fourth-order valence-corrected chi connectivity index (χ4v) is 9.17. The van der Waals surface area contributed by atoms with Crippen LogP contribution in [0.5, 0.6) is 0 Å². The van der Waals surface area contributed by atoms with Gasteiger partial charge in [-0.3, -0.25) is 0 Å². The van der Waals surface area contributed by atoms with Crippen LogP contribution in [0, 0.1) is 11.3 Å². The summed E-state index contributed by atoms with van der Waals surface area (Å²) in [4.78, 5) is 4.66. The Bertz CT molecular complexity index is 3240. The summed E-state index contributed by atoms with van der Waals surface area (Å²) in [6.45, 7) is 0. The van der Waals surface area contributed by atoms with Crippen LogP contribution in [0.15, 0.2) is 243 Å². The number of rotatable bonds is 9. The molecule has 0 N–H and O–H groups in total. The highest BCUT2D eigenvalue weighted by atomic mass is 15.1. The molecule has 0 atom stereocenters. The van der Waals surface area contributed by atoms with Gasteiger partial charge >= 0.3 is 0 Å². The minimum atomic E-state index is 0.660. The SMILES string of the molecule is N#Cc1ccc2ccccc2c1-c1cccc(-c2ccccc2-n2c3ccc(N(c4ccccc4)c4ccccc4)cc3c3cc(N(c4ccccc4)c4ccccc4)ccc32)c1. The predicted octanol–water partition coefficient (Wildman–Crippen LogP) is 16.1. The molecule has 0 saturated carbocycles. The van der Waals surface area contributed by atoms with Gasteiger partial charge in [0.25, 0.3) is 0 Å². The number of hydrogen-bond donors (Lipinski definition) is 0. The summed E-state index contributed by atoms with van der Waals surface area (Å²) in [6, 6.07) is 88.1. The number of anilines is 6. The van der Waals surface area contributed by atoms with E-state index in [0.717, 1.165) is 94.6 Å². The molecule has 0 radical (unpaired) electrons. The molecule has 63 heavy (non-hydrogen) atoms. The molecule has 0 aliphatic carbocycles. The van der Waals surface area contributed by atoms with Gasteiger partial charge in [0.2, 0.25) is 0 Å². The Morgan fingerprint density at radius 3 is 1.37 bits per heavy atom. The van der Waals surface area contributed by atoms with Crippen LogP contribution < -0.4 is 9.80 Å². The molecule has 10 aromatic carbocycles. The lowest BCUT2D eigenvalue weighted by Crippen LogP contribution is -2.09. The van der Waals surface area contributed by atoms with E-state index in [-0.39, 0.29) is 0 Å². The molecule has 1 aromatic heterocycles. The summed E-state index contributed by atoms with van der Waals surface area (Å²) >= 11 is 0. The monoisotopic (exact) mass is 804 g/mol. The fraction of sp³-hybridized carbons (Fsp3) is 0. The van der Waals surface area contributed by atoms with Crippen LogP contribution in [0.1, 0.15) is 5.56 Å². The van der Waals surface area contributed by atoms with Crippen molar-refractivity contribution >= 4 is 66.7 Å². The van der Waals surface area contributed by atoms with Gasteiger partial charge in [-0.1, -0.05) is 140 Å². The Hall–Kier alpha value is -8.65. The maximum Gasteiger partial charge on any atom is 0.0998 e. The Labute approximate surface area is 367 Å². The van der Waals surface area contributed by atoms with Crippen molar-refractivity contribution in [3.05, 3.63) is 248 Å². The summed E-state index contributed by atoms with van der Waals surface area (Å²) in [5.41, 5.74) is 14.5. The molecule has 296 valence electrons. The predicted molar refractivity (Wildman–Crippen MR) is 263 cm³/mol. The molecule has 0 bridgehead atoms. The Kier molecular flexibility index (Phi) is 9.54. The van der Waals surface area contributed by atoms with E-state index < -0.39 is 0 Å². The smallest absolute Gasteiger partial charge is 0.0998 e. The zero-order valence-electron chi connectivity index (χ0n) is 34.4. The van der Waals surface area contributed by atoms with Gasteiger partial charge in [-0.15, -0.1) is 0 Å². The second-order valence-electron chi connectivity index (χ2n) is 15.7. The highest BCUT2D eigenvalue weighted by Crippen LogP contribution is 2.44. The number of benzene rings is 10. The minimum Gasteiger partial charge on any atom is -0.310 e. The van der Waals surface area contributed by atoms with Crippen LogP contribution >= 0.6 is 0 Å². The van der Waals surface area contributed by atoms with Gasteiger partial charge in [0, 0.05) is 56.0 Å². The van der Waals surface area contributed by atoms with Gasteiger partial charge in [0.15, 0.2) is 0 Å². The molecule has 4 nitrogen and oxygen atoms in total. The number of hydrogen-bond acceptors (Lipinski definition) is 3. The molecular formula is C59H40N4. The summed E-state index contributed by atoms with van der Waals surface area (Å²) in [5, 5.41) is 14.8. The lowest BCUT2D eigenvalue weighted by molar-refractivity contribution is 1.18. The molecule has 4 heteroatoms. The third-order valence-corrected chi connectivity index (χ3v) is 12.0. The van der Waals surface area contributed by atoms with E-state index in [1.165, 1.54) is 0 Å². The number of nitriles is 1. The molecule has 0 spiro atoms. The van der Waals surface area contributed by atoms with Crippen molar-refractivity contribution in [2.75, 3.05) is 9.80 Å². The minimum absolute atomic E-state index is 0.660. The van der Waals surface area contributed by atoms with E-state index in [1.54, 1.807) is 0 Å². The number of nitrogens with zero attached hydrogens (tertiary/aromatic N) is 4. The van der Waals surface area contributed by atoms with Crippen molar-refractivity contribution in [2.24, 2.45) is 0 Å². The molecule has 0 amide bonds. The van der Waals surface area contributed by atoms with Crippen LogP contribution in [0.2, 0.25) is 0 Å². The van der Waals surface area contributed by atoms with Gasteiger partial charge in [-0.05, 0) is 125 Å². The van der Waals surface area contributed by atoms with E-state index in [1.807, 2.05) is 24.3 Å². The van der Waals surface area contributed by atoms with Crippen LogP contribution in [-0.4, -0.2) is 4.57 Å². The van der Waals surface area contributed by atoms with E-state index >= 15 is 0 Å². The number of para-hydroxylation sites is 5. The average molecular weight is 805 g/mol. The van der Waals surface area contributed by atoms with Crippen molar-refractivity contribution in [3.8, 4) is 34.0 Å². The van der Waals surface area contributed by atoms with Crippen molar-refractivity contribution in [1.29, 1.82) is 5.26 Å². The molecular weight excluding hydrogens is 765 g/mol. The van der Waals surface area contributed by atoms with Gasteiger partial charge in [-0.25, -0.2) is 0 Å². The molecule has 0 unspecified atom stereocenters. The largest absolute Gasteiger partial charge is 0.310 e. The zero-order valence-corrected chi connectivity index (χ0v) is 34.4. The summed E-state index contributed by atoms with van der Waals surface area (Å²) in [5.74, 6) is 0. The first kappa shape index (κ1) is 37.4. The van der Waals surface area contributed by atoms with Gasteiger partial charge < -0.3 is 14.4 Å². The highest BCUT2D eigenvalue weighted by Gasteiger charge is 2.22. The van der Waals surface area contributed by atoms with Crippen molar-refractivity contribution < 1.29 is 0 Å². The Balaban J connectivity index is 1.15. The van der Waals surface area contributed by atoms with E-state index in [2.05, 4.69) is 239 Å². The van der Waals surface area contributed by atoms with E-state index in [9.17, 15) is 5.26 Å². The summed E-state index contributed by atoms with van der Waals surface area (Å²) in [7, 11) is 0. The highest BCUT2D eigenvalue weighted by molar-refractivity contribution is 6.12. The standard InChI is InChI=1S/C59H40N4/c60-41-45-33-32-42-18-13-14-30-53(42)59(45)44-20-17-19-43(38-44)52-29-15-16-31-56(52)63-57-36-34-50(61(46-21-5-1-6-22-46)47-23-7-2-8-24-47)39-54(57)55-40-51(35-37-58(55)63)62(48-25-9-3-10-26-48)49-27-11-4-12-28-49/h1-40H. The summed E-state index contributed by atoms with van der Waals surface area (Å²) in [6.07, 6.45) is 0. The first-order chi connectivity index (χ1) is 31.2. The van der Waals surface area contributed by atoms with Crippen molar-refractivity contribution in [3.63, 3.8) is 0 Å². The topological polar surface area (TPSA) is 35.2 Å². The lowest BCUT2D eigenvalue weighted by atomic mass is 9.91. The Morgan fingerprint density at radius 2 is 0.825 bits per heavy atom. The van der Waals surface area contributed by atoms with Crippen LogP contribution in [-0.2, 0) is 0 Å². The lowest BCUT2D eigenvalue weighted by Gasteiger charge is -2.26. The van der Waals surface area contributed by atoms with Crippen LogP contribution in [0.3, 0.4) is 0 Å². The number of fused-ring (bicyclic) bond motifs is 4. The maximum atomic E-state index is 10.3. The molecule has 0 aliphatic heterocycles. The second kappa shape index (κ2) is 16.1. The quantitative estimate of drug-likeness (QED) is 0.146. The van der Waals surface area contributed by atoms with Gasteiger partial charge in [0.1, 0.15) is 0 Å². The number of aromatic nitrogens is 1. The maximum absolute atomic E-state index is 10.3. The molecule has 0 aliphatic rings. The Morgan fingerprint density at radius 1 is 0.349 bits per heavy atom. The molecule has 0 saturated heterocycles. The van der Waals surface area contributed by atoms with Crippen LogP contribution in [0.4, 0.5) is 34.1 Å². The first-order valence-corrected chi connectivity index (χ1v) is 21.2. The second-order valence-corrected chi connectivity index (χ2v) is 15.7. The van der Waals surface area contributed by atoms with Crippen molar-refractivity contribution in [2.45, 2.75) is 0 Å². The normalized spacial score (nSPS) is 11.2. The van der Waals surface area contributed by atoms with E-state index in [0.29, 0.717) is 5.56 Å². The molecule has 1 heterocycles. The van der Waals surface area contributed by atoms with E-state index in [4.69, 9.17) is 0 Å².